The minimum Gasteiger partial charge on any atom is -0.467 e. The minimum atomic E-state index is -1.05. The van der Waals surface area contributed by atoms with Crippen molar-refractivity contribution < 1.29 is 9.53 Å². The van der Waals surface area contributed by atoms with Gasteiger partial charge < -0.3 is 10.5 Å². The van der Waals surface area contributed by atoms with Gasteiger partial charge in [0, 0.05) is 6.21 Å². The van der Waals surface area contributed by atoms with E-state index in [1.807, 2.05) is 0 Å². The molecule has 0 aromatic carbocycles. The van der Waals surface area contributed by atoms with Crippen LogP contribution in [0.4, 0.5) is 0 Å². The lowest BCUT2D eigenvalue weighted by Crippen LogP contribution is -2.50. The van der Waals surface area contributed by atoms with Gasteiger partial charge in [-0.2, -0.15) is 0 Å². The first kappa shape index (κ1) is 7.94. The molecule has 1 unspecified atom stereocenters. The van der Waals surface area contributed by atoms with Crippen LogP contribution in [0.15, 0.2) is 17.1 Å². The van der Waals surface area contributed by atoms with E-state index in [0.29, 0.717) is 0 Å². The van der Waals surface area contributed by atoms with Crippen LogP contribution in [-0.4, -0.2) is 31.4 Å². The van der Waals surface area contributed by atoms with Crippen molar-refractivity contribution in [3.8, 4) is 0 Å². The van der Waals surface area contributed by atoms with Crippen LogP contribution in [0.1, 0.15) is 0 Å². The third-order valence-electron chi connectivity index (χ3n) is 1.50. The van der Waals surface area contributed by atoms with Crippen LogP contribution in [0.3, 0.4) is 0 Å². The maximum Gasteiger partial charge on any atom is 0.331 e. The molecule has 11 heavy (non-hydrogen) atoms. The molecule has 0 saturated heterocycles. The molecule has 0 fully saturated rings. The van der Waals surface area contributed by atoms with E-state index >= 15 is 0 Å². The zero-order valence-electron chi connectivity index (χ0n) is 6.28. The summed E-state index contributed by atoms with van der Waals surface area (Å²) in [5.41, 5.74) is 4.59. The Balaban J connectivity index is 2.75. The highest BCUT2D eigenvalue weighted by molar-refractivity contribution is 5.87. The van der Waals surface area contributed by atoms with Crippen molar-refractivity contribution in [1.82, 2.24) is 0 Å². The van der Waals surface area contributed by atoms with Gasteiger partial charge in [-0.3, -0.25) is 4.99 Å². The Morgan fingerprint density at radius 3 is 3.00 bits per heavy atom. The topological polar surface area (TPSA) is 64.7 Å². The zero-order chi connectivity index (χ0) is 8.32. The number of aliphatic imine (C=N–C) groups is 1. The second-order valence-corrected chi connectivity index (χ2v) is 2.38. The Bertz CT molecular complexity index is 222. The number of hydrogen-bond acceptors (Lipinski definition) is 4. The number of nitrogens with two attached hydrogens (primary N) is 1. The van der Waals surface area contributed by atoms with E-state index in [1.54, 1.807) is 18.4 Å². The molecule has 0 radical (unpaired) electrons. The Kier molecular flexibility index (Phi) is 2.05. The second kappa shape index (κ2) is 2.84. The van der Waals surface area contributed by atoms with E-state index in [-0.39, 0.29) is 6.54 Å². The van der Waals surface area contributed by atoms with Crippen LogP contribution >= 0.6 is 0 Å². The van der Waals surface area contributed by atoms with Crippen molar-refractivity contribution >= 4 is 12.2 Å². The molecule has 1 aliphatic heterocycles. The number of hydrogen-bond donors (Lipinski definition) is 1. The third kappa shape index (κ3) is 1.46. The number of carbonyl (C=O) groups is 1. The molecule has 60 valence electrons. The van der Waals surface area contributed by atoms with Crippen molar-refractivity contribution in [2.75, 3.05) is 13.7 Å². The van der Waals surface area contributed by atoms with E-state index in [0.717, 1.165) is 0 Å². The summed E-state index contributed by atoms with van der Waals surface area (Å²) < 4.78 is 4.50. The molecule has 1 aliphatic rings. The summed E-state index contributed by atoms with van der Waals surface area (Å²) in [6, 6.07) is 0. The number of dihydropyridines is 1. The highest BCUT2D eigenvalue weighted by Gasteiger charge is 2.32. The van der Waals surface area contributed by atoms with Gasteiger partial charge >= 0.3 is 5.97 Å². The fraction of sp³-hybridized carbons (Fsp3) is 0.429. The van der Waals surface area contributed by atoms with Crippen LogP contribution in [0.2, 0.25) is 0 Å². The molecule has 0 aromatic rings. The molecule has 0 amide bonds. The molecular weight excluding hydrogens is 144 g/mol. The quantitative estimate of drug-likeness (QED) is 0.518. The smallest absolute Gasteiger partial charge is 0.331 e. The molecule has 1 heterocycles. The molecule has 0 aromatic heterocycles. The van der Waals surface area contributed by atoms with E-state index in [9.17, 15) is 4.79 Å². The number of ether oxygens (including phenoxy) is 1. The first-order valence-corrected chi connectivity index (χ1v) is 3.24. The predicted molar refractivity (Wildman–Crippen MR) is 41.4 cm³/mol. The van der Waals surface area contributed by atoms with Crippen LogP contribution in [-0.2, 0) is 9.53 Å². The molecule has 0 aliphatic carbocycles. The lowest BCUT2D eigenvalue weighted by molar-refractivity contribution is -0.144. The zero-order valence-corrected chi connectivity index (χ0v) is 6.28. The molecular formula is C7H10N2O2. The highest BCUT2D eigenvalue weighted by Crippen LogP contribution is 2.08. The number of esters is 1. The maximum atomic E-state index is 11.0. The first-order valence-electron chi connectivity index (χ1n) is 3.24. The Morgan fingerprint density at radius 1 is 1.82 bits per heavy atom. The SMILES string of the molecule is COC(=O)C1(N)C=CC=NC1. The van der Waals surface area contributed by atoms with E-state index in [4.69, 9.17) is 5.73 Å². The first-order chi connectivity index (χ1) is 5.19. The summed E-state index contributed by atoms with van der Waals surface area (Å²) in [6.07, 6.45) is 4.83. The van der Waals surface area contributed by atoms with Crippen molar-refractivity contribution in [1.29, 1.82) is 0 Å². The number of carbonyl (C=O) groups excluding carboxylic acids is 1. The van der Waals surface area contributed by atoms with Crippen LogP contribution in [0.5, 0.6) is 0 Å². The summed E-state index contributed by atoms with van der Waals surface area (Å²) in [7, 11) is 1.31. The van der Waals surface area contributed by atoms with Gasteiger partial charge in [-0.15, -0.1) is 0 Å². The Labute approximate surface area is 64.7 Å². The fourth-order valence-electron chi connectivity index (χ4n) is 0.855. The molecule has 0 spiro atoms. The molecule has 2 N–H and O–H groups in total. The standard InChI is InChI=1S/C7H10N2O2/c1-11-6(10)7(8)3-2-4-9-5-7/h2-4H,5,8H2,1H3. The van der Waals surface area contributed by atoms with E-state index < -0.39 is 11.5 Å². The van der Waals surface area contributed by atoms with Gasteiger partial charge in [-0.25, -0.2) is 4.79 Å². The van der Waals surface area contributed by atoms with Crippen LogP contribution < -0.4 is 5.73 Å². The molecule has 4 heteroatoms. The summed E-state index contributed by atoms with van der Waals surface area (Å²) >= 11 is 0. The highest BCUT2D eigenvalue weighted by atomic mass is 16.5. The molecule has 1 rings (SSSR count). The van der Waals surface area contributed by atoms with Crippen molar-refractivity contribution in [2.45, 2.75) is 5.54 Å². The number of allylic oxidation sites excluding steroid dienone is 1. The van der Waals surface area contributed by atoms with Crippen molar-refractivity contribution in [3.63, 3.8) is 0 Å². The largest absolute Gasteiger partial charge is 0.467 e. The van der Waals surface area contributed by atoms with Gasteiger partial charge in [0.05, 0.1) is 13.7 Å². The van der Waals surface area contributed by atoms with Gasteiger partial charge in [0.15, 0.2) is 5.54 Å². The number of methoxy groups -OCH3 is 1. The van der Waals surface area contributed by atoms with E-state index in [2.05, 4.69) is 9.73 Å². The lowest BCUT2D eigenvalue weighted by atomic mass is 9.99. The number of nitrogens with zero attached hydrogens (tertiary/aromatic N) is 1. The Hall–Kier alpha value is -1.16. The average molecular weight is 154 g/mol. The number of rotatable bonds is 1. The minimum absolute atomic E-state index is 0.260. The average Bonchev–Trinajstić information content (AvgIpc) is 2.04. The van der Waals surface area contributed by atoms with Gasteiger partial charge in [0.1, 0.15) is 0 Å². The Morgan fingerprint density at radius 2 is 2.55 bits per heavy atom. The lowest BCUT2D eigenvalue weighted by Gasteiger charge is -2.21. The molecule has 1 atom stereocenters. The van der Waals surface area contributed by atoms with Crippen LogP contribution in [0, 0.1) is 0 Å². The summed E-state index contributed by atoms with van der Waals surface area (Å²) in [5, 5.41) is 0. The summed E-state index contributed by atoms with van der Waals surface area (Å²) in [5.74, 6) is -0.453. The van der Waals surface area contributed by atoms with Gasteiger partial charge in [-0.05, 0) is 6.08 Å². The molecule has 0 saturated carbocycles. The maximum absolute atomic E-state index is 11.0. The predicted octanol–water partition coefficient (Wildman–Crippen LogP) is -0.503. The monoisotopic (exact) mass is 154 g/mol. The van der Waals surface area contributed by atoms with Crippen molar-refractivity contribution in [3.05, 3.63) is 12.2 Å². The van der Waals surface area contributed by atoms with Gasteiger partial charge in [-0.1, -0.05) is 6.08 Å². The molecule has 0 bridgehead atoms. The molecule has 4 nitrogen and oxygen atoms in total. The summed E-state index contributed by atoms with van der Waals surface area (Å²) in [6.45, 7) is 0.260. The summed E-state index contributed by atoms with van der Waals surface area (Å²) in [4.78, 5) is 14.9. The van der Waals surface area contributed by atoms with Gasteiger partial charge in [0.25, 0.3) is 0 Å². The van der Waals surface area contributed by atoms with Crippen LogP contribution in [0.25, 0.3) is 0 Å². The third-order valence-corrected chi connectivity index (χ3v) is 1.50. The van der Waals surface area contributed by atoms with E-state index in [1.165, 1.54) is 7.11 Å². The van der Waals surface area contributed by atoms with Gasteiger partial charge in [0.2, 0.25) is 0 Å². The van der Waals surface area contributed by atoms with Crippen molar-refractivity contribution in [2.24, 2.45) is 10.7 Å². The fourth-order valence-corrected chi connectivity index (χ4v) is 0.855. The normalized spacial score (nSPS) is 28.5. The second-order valence-electron chi connectivity index (χ2n) is 2.38.